The van der Waals surface area contributed by atoms with E-state index in [1.807, 2.05) is 0 Å². The highest BCUT2D eigenvalue weighted by molar-refractivity contribution is 7.89. The van der Waals surface area contributed by atoms with E-state index in [9.17, 15) is 12.8 Å². The van der Waals surface area contributed by atoms with E-state index in [4.69, 9.17) is 4.74 Å². The minimum atomic E-state index is -3.80. The maximum Gasteiger partial charge on any atom is 0.241 e. The molecule has 1 atom stereocenters. The molecule has 0 fully saturated rings. The van der Waals surface area contributed by atoms with Crippen LogP contribution in [0.2, 0.25) is 0 Å². The molecule has 0 unspecified atom stereocenters. The summed E-state index contributed by atoms with van der Waals surface area (Å²) in [5.74, 6) is 0.114. The number of halogens is 1. The Labute approximate surface area is 130 Å². The number of rotatable bonds is 5. The van der Waals surface area contributed by atoms with Gasteiger partial charge in [0.15, 0.2) is 0 Å². The van der Waals surface area contributed by atoms with Gasteiger partial charge < -0.3 is 4.74 Å². The highest BCUT2D eigenvalue weighted by Crippen LogP contribution is 2.22. The summed E-state index contributed by atoms with van der Waals surface area (Å²) in [6.07, 6.45) is 0. The molecule has 2 rings (SSSR count). The second-order valence-electron chi connectivity index (χ2n) is 5.03. The van der Waals surface area contributed by atoms with Gasteiger partial charge in [0, 0.05) is 6.04 Å². The van der Waals surface area contributed by atoms with Crippen LogP contribution in [0.5, 0.6) is 5.75 Å². The number of aryl methyl sites for hydroxylation is 1. The van der Waals surface area contributed by atoms with E-state index in [0.29, 0.717) is 11.3 Å². The van der Waals surface area contributed by atoms with Crippen LogP contribution in [0.1, 0.15) is 24.1 Å². The zero-order chi connectivity index (χ0) is 16.3. The van der Waals surface area contributed by atoms with Crippen molar-refractivity contribution in [2.45, 2.75) is 24.8 Å². The van der Waals surface area contributed by atoms with Crippen LogP contribution < -0.4 is 9.46 Å². The molecular formula is C16H18FNO3S. The molecule has 0 heterocycles. The van der Waals surface area contributed by atoms with Gasteiger partial charge in [-0.3, -0.25) is 0 Å². The first-order valence-electron chi connectivity index (χ1n) is 6.76. The molecule has 0 aromatic heterocycles. The monoisotopic (exact) mass is 323 g/mol. The lowest BCUT2D eigenvalue weighted by Gasteiger charge is -2.16. The predicted octanol–water partition coefficient (Wildman–Crippen LogP) is 3.18. The zero-order valence-corrected chi connectivity index (χ0v) is 13.4. The van der Waals surface area contributed by atoms with Gasteiger partial charge in [0.1, 0.15) is 11.6 Å². The quantitative estimate of drug-likeness (QED) is 0.919. The lowest BCUT2D eigenvalue weighted by Crippen LogP contribution is -2.27. The van der Waals surface area contributed by atoms with E-state index in [1.54, 1.807) is 45.2 Å². The van der Waals surface area contributed by atoms with E-state index in [0.717, 1.165) is 11.6 Å². The fourth-order valence-electron chi connectivity index (χ4n) is 2.12. The van der Waals surface area contributed by atoms with E-state index in [2.05, 4.69) is 4.72 Å². The van der Waals surface area contributed by atoms with Gasteiger partial charge in [-0.1, -0.05) is 18.2 Å². The Morgan fingerprint density at radius 2 is 1.77 bits per heavy atom. The maximum atomic E-state index is 13.3. The summed E-state index contributed by atoms with van der Waals surface area (Å²) in [6, 6.07) is 10.3. The third kappa shape index (κ3) is 3.64. The number of ether oxygens (including phenoxy) is 1. The molecule has 0 spiro atoms. The van der Waals surface area contributed by atoms with Crippen LogP contribution in [0.4, 0.5) is 4.39 Å². The molecule has 0 aliphatic rings. The molecule has 1 N–H and O–H groups in total. The van der Waals surface area contributed by atoms with E-state index >= 15 is 0 Å². The molecule has 0 saturated heterocycles. The Kier molecular flexibility index (Phi) is 4.83. The summed E-state index contributed by atoms with van der Waals surface area (Å²) >= 11 is 0. The number of methoxy groups -OCH3 is 1. The first-order valence-corrected chi connectivity index (χ1v) is 8.24. The third-order valence-corrected chi connectivity index (χ3v) is 5.07. The first-order chi connectivity index (χ1) is 10.3. The second kappa shape index (κ2) is 6.46. The molecule has 4 nitrogen and oxygen atoms in total. The predicted molar refractivity (Wildman–Crippen MR) is 82.9 cm³/mol. The molecule has 0 aliphatic carbocycles. The van der Waals surface area contributed by atoms with Gasteiger partial charge in [-0.15, -0.1) is 0 Å². The minimum absolute atomic E-state index is 0.0483. The Bertz CT molecular complexity index is 757. The van der Waals surface area contributed by atoms with Crippen molar-refractivity contribution in [1.29, 1.82) is 0 Å². The van der Waals surface area contributed by atoms with Gasteiger partial charge in [0.25, 0.3) is 0 Å². The van der Waals surface area contributed by atoms with Gasteiger partial charge in [-0.2, -0.15) is 0 Å². The van der Waals surface area contributed by atoms with Crippen molar-refractivity contribution < 1.29 is 17.5 Å². The minimum Gasteiger partial charge on any atom is -0.497 e. The summed E-state index contributed by atoms with van der Waals surface area (Å²) in [4.78, 5) is -0.0483. The summed E-state index contributed by atoms with van der Waals surface area (Å²) < 4.78 is 45.8. The third-order valence-electron chi connectivity index (χ3n) is 3.39. The fraction of sp³-hybridized carbons (Fsp3) is 0.250. The number of benzene rings is 2. The Morgan fingerprint density at radius 3 is 2.36 bits per heavy atom. The number of hydrogen-bond donors (Lipinski definition) is 1. The molecular weight excluding hydrogens is 305 g/mol. The number of sulfonamides is 1. The van der Waals surface area contributed by atoms with E-state index in [1.165, 1.54) is 12.1 Å². The standard InChI is InChI=1S/C16H18FNO3S/c1-11-4-7-14(17)10-16(11)22(19,20)18-12(2)13-5-8-15(21-3)9-6-13/h4-10,12,18H,1-3H3/t12-/m0/s1. The second-order valence-corrected chi connectivity index (χ2v) is 6.71. The van der Waals surface area contributed by atoms with Crippen molar-refractivity contribution >= 4 is 10.0 Å². The Morgan fingerprint density at radius 1 is 1.14 bits per heavy atom. The first kappa shape index (κ1) is 16.5. The molecule has 0 amide bonds. The highest BCUT2D eigenvalue weighted by atomic mass is 32.2. The SMILES string of the molecule is COc1ccc([C@H](C)NS(=O)(=O)c2cc(F)ccc2C)cc1. The number of hydrogen-bond acceptors (Lipinski definition) is 3. The molecule has 0 radical (unpaired) electrons. The van der Waals surface area contributed by atoms with Crippen LogP contribution in [0.25, 0.3) is 0 Å². The molecule has 0 bridgehead atoms. The molecule has 22 heavy (non-hydrogen) atoms. The smallest absolute Gasteiger partial charge is 0.241 e. The van der Waals surface area contributed by atoms with Crippen LogP contribution >= 0.6 is 0 Å². The van der Waals surface area contributed by atoms with Crippen molar-refractivity contribution in [2.75, 3.05) is 7.11 Å². The van der Waals surface area contributed by atoms with Gasteiger partial charge in [-0.05, 0) is 49.2 Å². The van der Waals surface area contributed by atoms with E-state index < -0.39 is 21.9 Å². The van der Waals surface area contributed by atoms with Gasteiger partial charge in [0.2, 0.25) is 10.0 Å². The summed E-state index contributed by atoms with van der Waals surface area (Å²) in [6.45, 7) is 3.36. The topological polar surface area (TPSA) is 55.4 Å². The van der Waals surface area contributed by atoms with Gasteiger partial charge in [-0.25, -0.2) is 17.5 Å². The van der Waals surface area contributed by atoms with Crippen LogP contribution in [0.3, 0.4) is 0 Å². The maximum absolute atomic E-state index is 13.3. The molecule has 118 valence electrons. The highest BCUT2D eigenvalue weighted by Gasteiger charge is 2.21. The van der Waals surface area contributed by atoms with Crippen molar-refractivity contribution in [3.8, 4) is 5.75 Å². The molecule has 2 aromatic carbocycles. The summed E-state index contributed by atoms with van der Waals surface area (Å²) in [7, 11) is -2.23. The normalized spacial score (nSPS) is 12.9. The fourth-order valence-corrected chi connectivity index (χ4v) is 3.61. The van der Waals surface area contributed by atoms with Crippen molar-refractivity contribution in [2.24, 2.45) is 0 Å². The Hall–Kier alpha value is -1.92. The number of nitrogens with one attached hydrogen (secondary N) is 1. The van der Waals surface area contributed by atoms with E-state index in [-0.39, 0.29) is 4.90 Å². The van der Waals surface area contributed by atoms with Gasteiger partial charge >= 0.3 is 0 Å². The van der Waals surface area contributed by atoms with Crippen molar-refractivity contribution in [1.82, 2.24) is 4.72 Å². The average molecular weight is 323 g/mol. The van der Waals surface area contributed by atoms with Crippen molar-refractivity contribution in [3.05, 3.63) is 59.4 Å². The van der Waals surface area contributed by atoms with Crippen LogP contribution in [0, 0.1) is 12.7 Å². The summed E-state index contributed by atoms with van der Waals surface area (Å²) in [5.41, 5.74) is 1.29. The largest absolute Gasteiger partial charge is 0.497 e. The average Bonchev–Trinajstić information content (AvgIpc) is 2.49. The van der Waals surface area contributed by atoms with Crippen LogP contribution in [-0.2, 0) is 10.0 Å². The zero-order valence-electron chi connectivity index (χ0n) is 12.6. The lowest BCUT2D eigenvalue weighted by molar-refractivity contribution is 0.414. The molecule has 0 saturated carbocycles. The Balaban J connectivity index is 2.25. The molecule has 0 aliphatic heterocycles. The molecule has 6 heteroatoms. The molecule has 2 aromatic rings. The lowest BCUT2D eigenvalue weighted by atomic mass is 10.1. The summed E-state index contributed by atoms with van der Waals surface area (Å²) in [5, 5.41) is 0. The van der Waals surface area contributed by atoms with Gasteiger partial charge in [0.05, 0.1) is 12.0 Å². The van der Waals surface area contributed by atoms with Crippen LogP contribution in [-0.4, -0.2) is 15.5 Å². The van der Waals surface area contributed by atoms with Crippen LogP contribution in [0.15, 0.2) is 47.4 Å². The van der Waals surface area contributed by atoms with Crippen molar-refractivity contribution in [3.63, 3.8) is 0 Å².